The predicted octanol–water partition coefficient (Wildman–Crippen LogP) is 2.97. The second-order valence-corrected chi connectivity index (χ2v) is 8.39. The lowest BCUT2D eigenvalue weighted by atomic mass is 10.1. The highest BCUT2D eigenvalue weighted by molar-refractivity contribution is 7.16. The van der Waals surface area contributed by atoms with Gasteiger partial charge in [0.2, 0.25) is 0 Å². The number of hydrogen-bond donors (Lipinski definition) is 3. The average Bonchev–Trinajstić information content (AvgIpc) is 3.14. The highest BCUT2D eigenvalue weighted by Gasteiger charge is 2.19. The molecule has 0 aliphatic rings. The molecule has 0 fully saturated rings. The Morgan fingerprint density at radius 1 is 1.12 bits per heavy atom. The van der Waals surface area contributed by atoms with Crippen LogP contribution in [-0.4, -0.2) is 68.9 Å². The van der Waals surface area contributed by atoms with Gasteiger partial charge in [-0.3, -0.25) is 4.79 Å². The van der Waals surface area contributed by atoms with Crippen LogP contribution in [0, 0.1) is 25.2 Å². The number of benzene rings is 1. The number of aliphatic hydroxyl groups is 2. The van der Waals surface area contributed by atoms with E-state index in [1.54, 1.807) is 6.92 Å². The van der Waals surface area contributed by atoms with Gasteiger partial charge >= 0.3 is 0 Å². The summed E-state index contributed by atoms with van der Waals surface area (Å²) >= 11 is 1.09. The Morgan fingerprint density at radius 2 is 1.82 bits per heavy atom. The minimum atomic E-state index is -0.640. The molecule has 0 unspecified atom stereocenters. The first-order valence-corrected chi connectivity index (χ1v) is 11.7. The van der Waals surface area contributed by atoms with Gasteiger partial charge < -0.3 is 30.3 Å². The Balaban J connectivity index is 2.18. The summed E-state index contributed by atoms with van der Waals surface area (Å²) in [4.78, 5) is 14.3. The van der Waals surface area contributed by atoms with Crippen molar-refractivity contribution in [1.82, 2.24) is 0 Å². The minimum Gasteiger partial charge on any atom is -0.394 e. The van der Waals surface area contributed by atoms with Crippen molar-refractivity contribution < 1.29 is 24.5 Å². The Kier molecular flexibility index (Phi) is 11.6. The van der Waals surface area contributed by atoms with Gasteiger partial charge in [0.1, 0.15) is 10.9 Å². The number of anilines is 1. The molecule has 184 valence electrons. The molecule has 4 N–H and O–H groups in total. The number of nitrogens with zero attached hydrogens (tertiary/aromatic N) is 4. The normalized spacial score (nSPS) is 11.1. The molecule has 0 saturated carbocycles. The maximum atomic E-state index is 11.8. The number of thiophene rings is 1. The number of carbonyl (C=O) groups excluding carboxylic acids is 1. The number of amides is 1. The van der Waals surface area contributed by atoms with Crippen LogP contribution in [0.15, 0.2) is 28.4 Å². The molecule has 1 aromatic carbocycles. The van der Waals surface area contributed by atoms with Crippen LogP contribution in [0.25, 0.3) is 0 Å². The zero-order valence-electron chi connectivity index (χ0n) is 19.5. The second kappa shape index (κ2) is 14.4. The maximum Gasteiger partial charge on any atom is 0.252 e. The van der Waals surface area contributed by atoms with Gasteiger partial charge in [-0.05, 0) is 49.6 Å². The molecule has 1 heterocycles. The van der Waals surface area contributed by atoms with E-state index < -0.39 is 5.91 Å². The number of carbonyl (C=O) groups is 1. The van der Waals surface area contributed by atoms with Crippen LogP contribution in [0.3, 0.4) is 0 Å². The van der Waals surface area contributed by atoms with Crippen molar-refractivity contribution in [2.24, 2.45) is 16.0 Å². The first-order valence-electron chi connectivity index (χ1n) is 10.9. The zero-order chi connectivity index (χ0) is 24.9. The molecule has 2 aromatic rings. The molecule has 0 aliphatic carbocycles. The topological polar surface area (TPSA) is 154 Å². The quantitative estimate of drug-likeness (QED) is 0.257. The Hall–Kier alpha value is -2.88. The van der Waals surface area contributed by atoms with Crippen molar-refractivity contribution in [1.29, 1.82) is 5.26 Å². The van der Waals surface area contributed by atoms with Crippen molar-refractivity contribution in [3.63, 3.8) is 0 Å². The molecule has 0 aliphatic heterocycles. The number of aryl methyl sites for hydroxylation is 1. The summed E-state index contributed by atoms with van der Waals surface area (Å²) in [7, 11) is 0. The number of primary amides is 1. The van der Waals surface area contributed by atoms with Crippen LogP contribution in [0.2, 0.25) is 0 Å². The van der Waals surface area contributed by atoms with Crippen LogP contribution in [-0.2, 0) is 9.47 Å². The summed E-state index contributed by atoms with van der Waals surface area (Å²) in [5.41, 5.74) is 8.69. The van der Waals surface area contributed by atoms with Crippen LogP contribution < -0.4 is 10.6 Å². The fourth-order valence-electron chi connectivity index (χ4n) is 3.25. The van der Waals surface area contributed by atoms with Gasteiger partial charge in [0.25, 0.3) is 5.91 Å². The van der Waals surface area contributed by atoms with Crippen molar-refractivity contribution in [3.8, 4) is 6.07 Å². The Bertz CT molecular complexity index is 1020. The number of nitrogens with two attached hydrogens (primary N) is 1. The van der Waals surface area contributed by atoms with Crippen LogP contribution >= 0.6 is 11.3 Å². The molecule has 0 saturated heterocycles. The lowest BCUT2D eigenvalue weighted by molar-refractivity contribution is 0.0890. The number of aliphatic hydroxyl groups excluding tert-OH is 2. The summed E-state index contributed by atoms with van der Waals surface area (Å²) in [6.45, 7) is 6.52. The van der Waals surface area contributed by atoms with Crippen molar-refractivity contribution >= 4 is 33.6 Å². The van der Waals surface area contributed by atoms with E-state index in [1.165, 1.54) is 0 Å². The van der Waals surface area contributed by atoms with E-state index in [0.29, 0.717) is 47.5 Å². The Labute approximate surface area is 203 Å². The van der Waals surface area contributed by atoms with Crippen molar-refractivity contribution in [2.75, 3.05) is 57.6 Å². The molecule has 11 heteroatoms. The third-order valence-electron chi connectivity index (χ3n) is 4.96. The lowest BCUT2D eigenvalue weighted by Crippen LogP contribution is -2.29. The zero-order valence-corrected chi connectivity index (χ0v) is 20.3. The maximum absolute atomic E-state index is 11.8. The van der Waals surface area contributed by atoms with Crippen LogP contribution in [0.1, 0.15) is 32.8 Å². The molecule has 0 bridgehead atoms. The van der Waals surface area contributed by atoms with Gasteiger partial charge in [-0.15, -0.1) is 21.6 Å². The lowest BCUT2D eigenvalue weighted by Gasteiger charge is -2.25. The molecule has 10 nitrogen and oxygen atoms in total. The van der Waals surface area contributed by atoms with Gasteiger partial charge in [-0.1, -0.05) is 0 Å². The molecular formula is C23H31N5O5S. The SMILES string of the molecule is Cc1cc(N(CCCOCCO)CCOCCO)ccc1/N=N/c1sc(C#N)c(C)c1C(N)=O. The van der Waals surface area contributed by atoms with E-state index in [1.807, 2.05) is 25.1 Å². The largest absolute Gasteiger partial charge is 0.394 e. The smallest absolute Gasteiger partial charge is 0.252 e. The average molecular weight is 490 g/mol. The van der Waals surface area contributed by atoms with Gasteiger partial charge in [0, 0.05) is 25.4 Å². The van der Waals surface area contributed by atoms with E-state index in [2.05, 4.69) is 21.2 Å². The standard InChI is InChI=1S/C23H31N5O5S/c1-16-14-18(28(7-11-33-13-9-30)6-3-10-32-12-8-29)4-5-19(16)26-27-23-21(22(25)31)17(2)20(15-24)34-23/h4-5,14,29-30H,3,6-13H2,1-2H3,(H2,25,31)/b27-26+. The monoisotopic (exact) mass is 489 g/mol. The second-order valence-electron chi connectivity index (χ2n) is 7.40. The van der Waals surface area contributed by atoms with E-state index in [4.69, 9.17) is 25.4 Å². The van der Waals surface area contributed by atoms with Gasteiger partial charge in [-0.2, -0.15) is 5.26 Å². The fraction of sp³-hybridized carbons (Fsp3) is 0.478. The highest BCUT2D eigenvalue weighted by Crippen LogP contribution is 2.36. The van der Waals surface area contributed by atoms with Crippen LogP contribution in [0.4, 0.5) is 16.4 Å². The first-order chi connectivity index (χ1) is 16.4. The molecule has 0 radical (unpaired) electrons. The van der Waals surface area contributed by atoms with E-state index in [-0.39, 0.29) is 25.4 Å². The third kappa shape index (κ3) is 7.86. The molecule has 1 aromatic heterocycles. The van der Waals surface area contributed by atoms with E-state index >= 15 is 0 Å². The van der Waals surface area contributed by atoms with E-state index in [9.17, 15) is 10.1 Å². The minimum absolute atomic E-state index is 0.00226. The fourth-order valence-corrected chi connectivity index (χ4v) is 4.18. The molecule has 2 rings (SSSR count). The van der Waals surface area contributed by atoms with Crippen molar-refractivity contribution in [2.45, 2.75) is 20.3 Å². The van der Waals surface area contributed by atoms with Gasteiger partial charge in [-0.25, -0.2) is 0 Å². The van der Waals surface area contributed by atoms with E-state index in [0.717, 1.165) is 35.6 Å². The first kappa shape index (κ1) is 27.4. The third-order valence-corrected chi connectivity index (χ3v) is 6.04. The number of rotatable bonds is 15. The molecule has 34 heavy (non-hydrogen) atoms. The van der Waals surface area contributed by atoms with Gasteiger partial charge in [0.05, 0.1) is 44.3 Å². The van der Waals surface area contributed by atoms with Gasteiger partial charge in [0.15, 0.2) is 5.00 Å². The predicted molar refractivity (Wildman–Crippen MR) is 130 cm³/mol. The number of azo groups is 1. The van der Waals surface area contributed by atoms with Crippen LogP contribution in [0.5, 0.6) is 0 Å². The summed E-state index contributed by atoms with van der Waals surface area (Å²) in [5, 5.41) is 35.8. The summed E-state index contributed by atoms with van der Waals surface area (Å²) in [6, 6.07) is 7.81. The Morgan fingerprint density at radius 3 is 2.44 bits per heavy atom. The van der Waals surface area contributed by atoms with Crippen molar-refractivity contribution in [3.05, 3.63) is 39.8 Å². The number of ether oxygens (including phenoxy) is 2. The summed E-state index contributed by atoms with van der Waals surface area (Å²) in [6.07, 6.45) is 0.773. The summed E-state index contributed by atoms with van der Waals surface area (Å²) in [5.74, 6) is -0.640. The highest BCUT2D eigenvalue weighted by atomic mass is 32.1. The molecule has 1 amide bonds. The number of nitriles is 1. The molecule has 0 atom stereocenters. The summed E-state index contributed by atoms with van der Waals surface area (Å²) < 4.78 is 10.8. The molecule has 0 spiro atoms. The molecular weight excluding hydrogens is 458 g/mol. The number of hydrogen-bond acceptors (Lipinski definition) is 10.